The van der Waals surface area contributed by atoms with Gasteiger partial charge in [0.15, 0.2) is 0 Å². The van der Waals surface area contributed by atoms with Gasteiger partial charge in [-0.3, -0.25) is 0 Å². The minimum Gasteiger partial charge on any atom is -0.207 e. The van der Waals surface area contributed by atoms with E-state index in [2.05, 4.69) is 6.92 Å². The van der Waals surface area contributed by atoms with Crippen LogP contribution in [0.3, 0.4) is 0 Å². The zero-order valence-corrected chi connectivity index (χ0v) is 9.72. The third kappa shape index (κ3) is 2.55. The molecule has 0 atom stereocenters. The second kappa shape index (κ2) is 5.25. The van der Waals surface area contributed by atoms with E-state index in [0.717, 1.165) is 6.07 Å². The van der Waals surface area contributed by atoms with Crippen LogP contribution in [0.2, 0.25) is 0 Å². The molecule has 0 saturated carbocycles. The molecule has 0 unspecified atom stereocenters. The van der Waals surface area contributed by atoms with E-state index >= 15 is 0 Å². The van der Waals surface area contributed by atoms with Gasteiger partial charge in [0.2, 0.25) is 0 Å². The number of benzene rings is 2. The van der Waals surface area contributed by atoms with Crippen molar-refractivity contribution in [3.8, 4) is 11.1 Å². The van der Waals surface area contributed by atoms with Crippen LogP contribution in [0.1, 0.15) is 12.0 Å². The standard InChI is InChI=1S/C15H12F3/c1-2-4-11-8-13(15(18)9-14(11)17)10-5-3-6-12(16)7-10/h3,5-9H,1-2,4H2. The van der Waals surface area contributed by atoms with Gasteiger partial charge in [-0.05, 0) is 42.2 Å². The lowest BCUT2D eigenvalue weighted by atomic mass is 10.00. The molecule has 0 aliphatic carbocycles. The van der Waals surface area contributed by atoms with Crippen LogP contribution in [0.4, 0.5) is 13.2 Å². The minimum absolute atomic E-state index is 0.208. The van der Waals surface area contributed by atoms with E-state index < -0.39 is 17.5 Å². The van der Waals surface area contributed by atoms with Crippen LogP contribution in [0.15, 0.2) is 36.4 Å². The molecule has 0 nitrogen and oxygen atoms in total. The number of hydrogen-bond acceptors (Lipinski definition) is 0. The van der Waals surface area contributed by atoms with Crippen LogP contribution < -0.4 is 0 Å². The van der Waals surface area contributed by atoms with Crippen molar-refractivity contribution in [2.24, 2.45) is 0 Å². The molecule has 0 aliphatic heterocycles. The Labute approximate surface area is 104 Å². The number of aryl methyl sites for hydroxylation is 1. The fraction of sp³-hybridized carbons (Fsp3) is 0.133. The molecule has 0 amide bonds. The van der Waals surface area contributed by atoms with E-state index in [9.17, 15) is 13.2 Å². The van der Waals surface area contributed by atoms with Crippen molar-refractivity contribution in [2.45, 2.75) is 12.8 Å². The maximum absolute atomic E-state index is 13.7. The second-order valence-corrected chi connectivity index (χ2v) is 4.04. The van der Waals surface area contributed by atoms with Gasteiger partial charge in [-0.25, -0.2) is 13.2 Å². The average Bonchev–Trinajstić information content (AvgIpc) is 2.33. The van der Waals surface area contributed by atoms with Gasteiger partial charge in [0.1, 0.15) is 17.5 Å². The summed E-state index contributed by atoms with van der Waals surface area (Å²) in [6, 6.07) is 7.85. The molecule has 1 radical (unpaired) electrons. The average molecular weight is 249 g/mol. The van der Waals surface area contributed by atoms with Crippen molar-refractivity contribution < 1.29 is 13.2 Å². The zero-order valence-electron chi connectivity index (χ0n) is 9.72. The maximum Gasteiger partial charge on any atom is 0.133 e. The lowest BCUT2D eigenvalue weighted by Gasteiger charge is -2.08. The van der Waals surface area contributed by atoms with Crippen molar-refractivity contribution in [3.05, 3.63) is 66.3 Å². The van der Waals surface area contributed by atoms with Crippen LogP contribution in [-0.2, 0) is 6.42 Å². The first-order chi connectivity index (χ1) is 8.61. The Balaban J connectivity index is 2.53. The van der Waals surface area contributed by atoms with Crippen molar-refractivity contribution in [2.75, 3.05) is 0 Å². The van der Waals surface area contributed by atoms with Gasteiger partial charge in [0.25, 0.3) is 0 Å². The van der Waals surface area contributed by atoms with Crippen LogP contribution in [-0.4, -0.2) is 0 Å². The van der Waals surface area contributed by atoms with E-state index in [1.165, 1.54) is 24.3 Å². The molecule has 0 aromatic heterocycles. The van der Waals surface area contributed by atoms with Crippen LogP contribution >= 0.6 is 0 Å². The van der Waals surface area contributed by atoms with Crippen LogP contribution in [0, 0.1) is 24.4 Å². The molecule has 0 heterocycles. The normalized spacial score (nSPS) is 10.7. The third-order valence-electron chi connectivity index (χ3n) is 2.72. The highest BCUT2D eigenvalue weighted by atomic mass is 19.1. The van der Waals surface area contributed by atoms with Gasteiger partial charge >= 0.3 is 0 Å². The largest absolute Gasteiger partial charge is 0.207 e. The molecule has 2 aromatic carbocycles. The smallest absolute Gasteiger partial charge is 0.133 e. The molecular weight excluding hydrogens is 237 g/mol. The highest BCUT2D eigenvalue weighted by Gasteiger charge is 2.11. The molecule has 0 spiro atoms. The Morgan fingerprint density at radius 3 is 2.39 bits per heavy atom. The van der Waals surface area contributed by atoms with Crippen LogP contribution in [0.5, 0.6) is 0 Å². The first kappa shape index (κ1) is 12.7. The summed E-state index contributed by atoms with van der Waals surface area (Å²) in [5, 5.41) is 0. The summed E-state index contributed by atoms with van der Waals surface area (Å²) in [7, 11) is 0. The predicted octanol–water partition coefficient (Wildman–Crippen LogP) is 4.54. The highest BCUT2D eigenvalue weighted by Crippen LogP contribution is 2.26. The predicted molar refractivity (Wildman–Crippen MR) is 65.4 cm³/mol. The van der Waals surface area contributed by atoms with Crippen LogP contribution in [0.25, 0.3) is 11.1 Å². The van der Waals surface area contributed by atoms with Crippen molar-refractivity contribution >= 4 is 0 Å². The fourth-order valence-electron chi connectivity index (χ4n) is 1.85. The van der Waals surface area contributed by atoms with Gasteiger partial charge in [0.05, 0.1) is 0 Å². The van der Waals surface area contributed by atoms with E-state index in [4.69, 9.17) is 0 Å². The molecule has 0 fully saturated rings. The molecule has 0 saturated heterocycles. The quantitative estimate of drug-likeness (QED) is 0.749. The molecule has 2 rings (SSSR count). The van der Waals surface area contributed by atoms with Crippen molar-refractivity contribution in [1.82, 2.24) is 0 Å². The van der Waals surface area contributed by atoms with E-state index in [1.807, 2.05) is 0 Å². The van der Waals surface area contributed by atoms with Gasteiger partial charge in [0, 0.05) is 11.6 Å². The second-order valence-electron chi connectivity index (χ2n) is 4.04. The summed E-state index contributed by atoms with van der Waals surface area (Å²) in [6.07, 6.45) is 0.944. The summed E-state index contributed by atoms with van der Waals surface area (Å²) < 4.78 is 40.3. The summed E-state index contributed by atoms with van der Waals surface area (Å²) >= 11 is 0. The zero-order chi connectivity index (χ0) is 13.1. The number of rotatable bonds is 3. The summed E-state index contributed by atoms with van der Waals surface area (Å²) in [5.41, 5.74) is 1.00. The summed E-state index contributed by atoms with van der Waals surface area (Å²) in [5.74, 6) is -1.72. The third-order valence-corrected chi connectivity index (χ3v) is 2.72. The molecule has 18 heavy (non-hydrogen) atoms. The Bertz CT molecular complexity index is 562. The van der Waals surface area contributed by atoms with Gasteiger partial charge in [-0.2, -0.15) is 0 Å². The van der Waals surface area contributed by atoms with Gasteiger partial charge < -0.3 is 0 Å². The minimum atomic E-state index is -0.689. The highest BCUT2D eigenvalue weighted by molar-refractivity contribution is 5.65. The van der Waals surface area contributed by atoms with Gasteiger partial charge in [-0.15, -0.1) is 0 Å². The first-order valence-electron chi connectivity index (χ1n) is 5.65. The molecule has 0 bridgehead atoms. The topological polar surface area (TPSA) is 0 Å². The van der Waals surface area contributed by atoms with E-state index in [-0.39, 0.29) is 5.56 Å². The summed E-state index contributed by atoms with van der Waals surface area (Å²) in [4.78, 5) is 0. The molecular formula is C15H12F3. The Kier molecular flexibility index (Phi) is 3.70. The Morgan fingerprint density at radius 2 is 1.72 bits per heavy atom. The summed E-state index contributed by atoms with van der Waals surface area (Å²) in [6.45, 7) is 3.64. The molecule has 0 N–H and O–H groups in total. The van der Waals surface area contributed by atoms with E-state index in [0.29, 0.717) is 24.0 Å². The Morgan fingerprint density at radius 1 is 0.944 bits per heavy atom. The molecule has 0 aliphatic rings. The Hall–Kier alpha value is -1.77. The monoisotopic (exact) mass is 249 g/mol. The van der Waals surface area contributed by atoms with E-state index in [1.54, 1.807) is 6.07 Å². The first-order valence-corrected chi connectivity index (χ1v) is 5.65. The number of halogens is 3. The lowest BCUT2D eigenvalue weighted by Crippen LogP contribution is -1.95. The van der Waals surface area contributed by atoms with Gasteiger partial charge in [-0.1, -0.05) is 19.1 Å². The number of hydrogen-bond donors (Lipinski definition) is 0. The molecule has 3 heteroatoms. The lowest BCUT2D eigenvalue weighted by molar-refractivity contribution is 0.573. The van der Waals surface area contributed by atoms with Crippen molar-refractivity contribution in [3.63, 3.8) is 0 Å². The SMILES string of the molecule is [CH2]CCc1cc(-c2cccc(F)c2)c(F)cc1F. The maximum atomic E-state index is 13.7. The molecule has 2 aromatic rings. The molecule has 93 valence electrons. The van der Waals surface area contributed by atoms with Crippen molar-refractivity contribution in [1.29, 1.82) is 0 Å². The fourth-order valence-corrected chi connectivity index (χ4v) is 1.85.